The summed E-state index contributed by atoms with van der Waals surface area (Å²) in [6.07, 6.45) is -4.42. The van der Waals surface area contributed by atoms with Gasteiger partial charge in [0.15, 0.2) is 5.69 Å². The highest BCUT2D eigenvalue weighted by Crippen LogP contribution is 2.32. The van der Waals surface area contributed by atoms with Crippen LogP contribution in [0.5, 0.6) is 0 Å². The molecule has 10 heteroatoms. The smallest absolute Gasteiger partial charge is 0.416 e. The molecule has 0 amide bonds. The number of nitrogens with zero attached hydrogens (tertiary/aromatic N) is 4. The molecule has 0 radical (unpaired) electrons. The third kappa shape index (κ3) is 5.31. The third-order valence-corrected chi connectivity index (χ3v) is 5.82. The molecule has 1 fully saturated rings. The van der Waals surface area contributed by atoms with E-state index in [9.17, 15) is 22.8 Å². The van der Waals surface area contributed by atoms with Gasteiger partial charge in [-0.15, -0.1) is 0 Å². The number of piperazine rings is 1. The monoisotopic (exact) mass is 486 g/mol. The van der Waals surface area contributed by atoms with Crippen molar-refractivity contribution in [2.45, 2.75) is 20.0 Å². The summed E-state index contributed by atoms with van der Waals surface area (Å²) in [6, 6.07) is 13.7. The molecule has 0 unspecified atom stereocenters. The molecular weight excluding hydrogens is 461 g/mol. The van der Waals surface area contributed by atoms with Crippen LogP contribution in [0.4, 0.5) is 24.5 Å². The Labute approximate surface area is 200 Å². The van der Waals surface area contributed by atoms with E-state index in [1.807, 2.05) is 28.9 Å². The number of anilines is 2. The number of carbonyl (C=O) groups is 1. The molecule has 1 aromatic heterocycles. The van der Waals surface area contributed by atoms with Crippen molar-refractivity contribution in [3.8, 4) is 5.69 Å². The second-order valence-corrected chi connectivity index (χ2v) is 8.21. The molecule has 0 saturated carbocycles. The molecule has 1 saturated heterocycles. The van der Waals surface area contributed by atoms with Gasteiger partial charge in [0.25, 0.3) is 5.56 Å². The first-order chi connectivity index (χ1) is 16.7. The minimum absolute atomic E-state index is 0.0135. The van der Waals surface area contributed by atoms with E-state index in [0.717, 1.165) is 22.4 Å². The van der Waals surface area contributed by atoms with Gasteiger partial charge in [-0.05, 0) is 44.2 Å². The summed E-state index contributed by atoms with van der Waals surface area (Å²) in [7, 11) is 0. The fourth-order valence-electron chi connectivity index (χ4n) is 3.99. The molecule has 4 rings (SSSR count). The second-order valence-electron chi connectivity index (χ2n) is 8.21. The minimum atomic E-state index is -4.42. The van der Waals surface area contributed by atoms with Crippen LogP contribution >= 0.6 is 0 Å². The first-order valence-corrected chi connectivity index (χ1v) is 11.2. The Morgan fingerprint density at radius 1 is 0.971 bits per heavy atom. The summed E-state index contributed by atoms with van der Waals surface area (Å²) in [4.78, 5) is 29.3. The van der Waals surface area contributed by atoms with Gasteiger partial charge in [-0.1, -0.05) is 23.8 Å². The van der Waals surface area contributed by atoms with Crippen molar-refractivity contribution in [2.24, 2.45) is 0 Å². The van der Waals surface area contributed by atoms with Gasteiger partial charge in [0.2, 0.25) is 0 Å². The summed E-state index contributed by atoms with van der Waals surface area (Å²) in [6.45, 7) is 5.34. The van der Waals surface area contributed by atoms with E-state index in [0.29, 0.717) is 43.2 Å². The van der Waals surface area contributed by atoms with Crippen LogP contribution in [-0.4, -0.2) is 48.5 Å². The standard InChI is InChI=1S/C25H25F3N4O3/c1-3-35-24(34)23-21(16-22(33)32(29-23)19-9-7-17(2)8-10-19)31-13-11-30(12-14-31)20-6-4-5-18(15-20)25(26,27)28/h4-10,15-16H,3,11-14H2,1-2H3. The van der Waals surface area contributed by atoms with Crippen LogP contribution in [0.15, 0.2) is 59.4 Å². The molecule has 2 heterocycles. The van der Waals surface area contributed by atoms with Crippen LogP contribution in [0.2, 0.25) is 0 Å². The minimum Gasteiger partial charge on any atom is -0.461 e. The lowest BCUT2D eigenvalue weighted by atomic mass is 10.1. The molecule has 0 spiro atoms. The average Bonchev–Trinajstić information content (AvgIpc) is 2.84. The predicted molar refractivity (Wildman–Crippen MR) is 126 cm³/mol. The molecule has 0 atom stereocenters. The van der Waals surface area contributed by atoms with Crippen molar-refractivity contribution in [2.75, 3.05) is 42.6 Å². The van der Waals surface area contributed by atoms with Crippen LogP contribution in [0.25, 0.3) is 5.69 Å². The maximum atomic E-state index is 13.1. The largest absolute Gasteiger partial charge is 0.461 e. The number of rotatable bonds is 5. The molecule has 1 aliphatic heterocycles. The fourth-order valence-corrected chi connectivity index (χ4v) is 3.99. The topological polar surface area (TPSA) is 67.7 Å². The molecule has 0 aliphatic carbocycles. The van der Waals surface area contributed by atoms with Crippen molar-refractivity contribution in [3.05, 3.63) is 81.8 Å². The van der Waals surface area contributed by atoms with Crippen LogP contribution in [0.3, 0.4) is 0 Å². The van der Waals surface area contributed by atoms with Gasteiger partial charge >= 0.3 is 12.1 Å². The van der Waals surface area contributed by atoms with E-state index in [-0.39, 0.29) is 12.3 Å². The number of halogens is 3. The van der Waals surface area contributed by atoms with Crippen LogP contribution in [-0.2, 0) is 10.9 Å². The Bertz CT molecular complexity index is 1260. The van der Waals surface area contributed by atoms with E-state index >= 15 is 0 Å². The Hall–Kier alpha value is -3.82. The number of ether oxygens (including phenoxy) is 1. The van der Waals surface area contributed by atoms with Gasteiger partial charge in [-0.2, -0.15) is 23.0 Å². The molecule has 1 aliphatic rings. The lowest BCUT2D eigenvalue weighted by Crippen LogP contribution is -2.47. The van der Waals surface area contributed by atoms with E-state index in [1.165, 1.54) is 12.1 Å². The van der Waals surface area contributed by atoms with E-state index < -0.39 is 23.3 Å². The van der Waals surface area contributed by atoms with E-state index in [2.05, 4.69) is 5.10 Å². The van der Waals surface area contributed by atoms with Crippen molar-refractivity contribution in [1.29, 1.82) is 0 Å². The van der Waals surface area contributed by atoms with Crippen molar-refractivity contribution in [3.63, 3.8) is 0 Å². The summed E-state index contributed by atoms with van der Waals surface area (Å²) in [5.41, 5.74) is 1.26. The first kappa shape index (κ1) is 24.3. The molecule has 0 N–H and O–H groups in total. The van der Waals surface area contributed by atoms with E-state index in [4.69, 9.17) is 4.74 Å². The Morgan fingerprint density at radius 2 is 1.63 bits per heavy atom. The molecule has 184 valence electrons. The highest BCUT2D eigenvalue weighted by Gasteiger charge is 2.31. The Balaban J connectivity index is 1.61. The van der Waals surface area contributed by atoms with Crippen molar-refractivity contribution < 1.29 is 22.7 Å². The SMILES string of the molecule is CCOC(=O)c1nn(-c2ccc(C)cc2)c(=O)cc1N1CCN(c2cccc(C(F)(F)F)c2)CC1. The zero-order valence-electron chi connectivity index (χ0n) is 19.4. The molecule has 0 bridgehead atoms. The summed E-state index contributed by atoms with van der Waals surface area (Å²) >= 11 is 0. The normalized spacial score (nSPS) is 14.2. The first-order valence-electron chi connectivity index (χ1n) is 11.2. The molecule has 2 aromatic carbocycles. The number of alkyl halides is 3. The van der Waals surface area contributed by atoms with Crippen LogP contribution in [0.1, 0.15) is 28.5 Å². The number of aryl methyl sites for hydroxylation is 1. The number of benzene rings is 2. The van der Waals surface area contributed by atoms with Gasteiger partial charge in [-0.25, -0.2) is 4.79 Å². The maximum Gasteiger partial charge on any atom is 0.416 e. The maximum absolute atomic E-state index is 13.1. The lowest BCUT2D eigenvalue weighted by Gasteiger charge is -2.37. The van der Waals surface area contributed by atoms with Gasteiger partial charge in [0.05, 0.1) is 23.5 Å². The summed E-state index contributed by atoms with van der Waals surface area (Å²) in [5.74, 6) is -0.649. The van der Waals surface area contributed by atoms with Crippen molar-refractivity contribution in [1.82, 2.24) is 9.78 Å². The second kappa shape index (κ2) is 9.81. The summed E-state index contributed by atoms with van der Waals surface area (Å²) < 4.78 is 45.7. The van der Waals surface area contributed by atoms with Crippen molar-refractivity contribution >= 4 is 17.3 Å². The number of hydrogen-bond acceptors (Lipinski definition) is 6. The average molecular weight is 486 g/mol. The molecule has 3 aromatic rings. The highest BCUT2D eigenvalue weighted by atomic mass is 19.4. The lowest BCUT2D eigenvalue weighted by molar-refractivity contribution is -0.137. The number of esters is 1. The Kier molecular flexibility index (Phi) is 6.81. The zero-order valence-corrected chi connectivity index (χ0v) is 19.4. The molecule has 35 heavy (non-hydrogen) atoms. The third-order valence-electron chi connectivity index (χ3n) is 5.82. The number of carbonyl (C=O) groups excluding carboxylic acids is 1. The number of hydrogen-bond donors (Lipinski definition) is 0. The number of aromatic nitrogens is 2. The summed E-state index contributed by atoms with van der Waals surface area (Å²) in [5, 5.41) is 4.33. The predicted octanol–water partition coefficient (Wildman–Crippen LogP) is 4.06. The Morgan fingerprint density at radius 3 is 2.26 bits per heavy atom. The van der Waals surface area contributed by atoms with Gasteiger partial charge in [0, 0.05) is 37.9 Å². The molecule has 7 nitrogen and oxygen atoms in total. The van der Waals surface area contributed by atoms with Gasteiger partial charge in [0.1, 0.15) is 0 Å². The quantitative estimate of drug-likeness (QED) is 0.507. The fraction of sp³-hybridized carbons (Fsp3) is 0.320. The van der Waals surface area contributed by atoms with Crippen LogP contribution < -0.4 is 15.4 Å². The van der Waals surface area contributed by atoms with E-state index in [1.54, 1.807) is 25.1 Å². The van der Waals surface area contributed by atoms with Crippen LogP contribution in [0, 0.1) is 6.92 Å². The molecular formula is C25H25F3N4O3. The highest BCUT2D eigenvalue weighted by molar-refractivity contribution is 5.93. The van der Waals surface area contributed by atoms with Gasteiger partial charge in [-0.3, -0.25) is 4.79 Å². The zero-order chi connectivity index (χ0) is 25.2. The van der Waals surface area contributed by atoms with Gasteiger partial charge < -0.3 is 14.5 Å².